The Bertz CT molecular complexity index is 584. The lowest BCUT2D eigenvalue weighted by Gasteiger charge is -2.32. The number of sulfonamides is 1. The molecule has 1 aliphatic heterocycles. The molecule has 1 fully saturated rings. The number of hydrogen-bond donors (Lipinski definition) is 1. The fraction of sp³-hybridized carbons (Fsp3) is 0.571. The summed E-state index contributed by atoms with van der Waals surface area (Å²) in [7, 11) is -1.47. The topological polar surface area (TPSA) is 58.6 Å². The van der Waals surface area contributed by atoms with Crippen LogP contribution in [0.1, 0.15) is 18.4 Å². The van der Waals surface area contributed by atoms with Gasteiger partial charge in [-0.1, -0.05) is 11.6 Å². The van der Waals surface area contributed by atoms with E-state index >= 15 is 0 Å². The Kier molecular flexibility index (Phi) is 5.48. The van der Waals surface area contributed by atoms with Gasteiger partial charge < -0.3 is 4.74 Å². The fourth-order valence-electron chi connectivity index (χ4n) is 2.62. The van der Waals surface area contributed by atoms with E-state index in [4.69, 9.17) is 16.3 Å². The molecule has 1 N–H and O–H groups in total. The molecule has 1 aromatic rings. The molecule has 0 aromatic heterocycles. The molecule has 1 aliphatic rings. The summed E-state index contributed by atoms with van der Waals surface area (Å²) in [6.45, 7) is 2.46. The van der Waals surface area contributed by atoms with E-state index in [0.717, 1.165) is 43.8 Å². The van der Waals surface area contributed by atoms with Crippen molar-refractivity contribution < 1.29 is 13.2 Å². The lowest BCUT2D eigenvalue weighted by Crippen LogP contribution is -2.43. The summed E-state index contributed by atoms with van der Waals surface area (Å²) in [4.78, 5) is 2.29. The second kappa shape index (κ2) is 6.96. The van der Waals surface area contributed by atoms with Crippen LogP contribution in [0.5, 0.6) is 5.75 Å². The smallest absolute Gasteiger partial charge is 0.208 e. The van der Waals surface area contributed by atoms with Gasteiger partial charge in [0.15, 0.2) is 0 Å². The molecule has 21 heavy (non-hydrogen) atoms. The lowest BCUT2D eigenvalue weighted by molar-refractivity contribution is 0.198. The minimum atomic E-state index is -3.12. The van der Waals surface area contributed by atoms with Gasteiger partial charge in [0, 0.05) is 36.3 Å². The molecule has 5 nitrogen and oxygen atoms in total. The zero-order chi connectivity index (χ0) is 15.5. The van der Waals surface area contributed by atoms with Gasteiger partial charge in [0.1, 0.15) is 5.75 Å². The zero-order valence-corrected chi connectivity index (χ0v) is 13.9. The van der Waals surface area contributed by atoms with Crippen molar-refractivity contribution in [3.05, 3.63) is 28.8 Å². The average Bonchev–Trinajstić information content (AvgIpc) is 2.40. The number of hydrogen-bond acceptors (Lipinski definition) is 4. The molecule has 0 amide bonds. The van der Waals surface area contributed by atoms with Crippen molar-refractivity contribution in [2.45, 2.75) is 25.4 Å². The molecular weight excluding hydrogens is 312 g/mol. The maximum atomic E-state index is 11.2. The molecule has 0 atom stereocenters. The number of piperidine rings is 1. The third kappa shape index (κ3) is 5.14. The van der Waals surface area contributed by atoms with Gasteiger partial charge >= 0.3 is 0 Å². The van der Waals surface area contributed by atoms with Crippen LogP contribution >= 0.6 is 11.6 Å². The van der Waals surface area contributed by atoms with Crippen LogP contribution in [0.2, 0.25) is 5.02 Å². The van der Waals surface area contributed by atoms with Gasteiger partial charge in [0.05, 0.1) is 13.4 Å². The van der Waals surface area contributed by atoms with Crippen LogP contribution in [0.3, 0.4) is 0 Å². The summed E-state index contributed by atoms with van der Waals surface area (Å²) in [5.74, 6) is 0.829. The molecule has 1 aromatic carbocycles. The highest BCUT2D eigenvalue weighted by atomic mass is 35.5. The molecule has 0 unspecified atom stereocenters. The van der Waals surface area contributed by atoms with Crippen LogP contribution in [0.15, 0.2) is 18.2 Å². The first-order valence-corrected chi connectivity index (χ1v) is 9.16. The highest BCUT2D eigenvalue weighted by Gasteiger charge is 2.22. The van der Waals surface area contributed by atoms with Crippen LogP contribution in [0.4, 0.5) is 0 Å². The van der Waals surface area contributed by atoms with E-state index in [1.165, 1.54) is 6.26 Å². The van der Waals surface area contributed by atoms with Crippen molar-refractivity contribution in [2.24, 2.45) is 0 Å². The molecule has 118 valence electrons. The van der Waals surface area contributed by atoms with Crippen molar-refractivity contribution in [3.63, 3.8) is 0 Å². The van der Waals surface area contributed by atoms with E-state index in [2.05, 4.69) is 9.62 Å². The average molecular weight is 333 g/mol. The quantitative estimate of drug-likeness (QED) is 0.894. The summed E-state index contributed by atoms with van der Waals surface area (Å²) < 4.78 is 30.5. The summed E-state index contributed by atoms with van der Waals surface area (Å²) >= 11 is 6.04. The van der Waals surface area contributed by atoms with E-state index < -0.39 is 10.0 Å². The van der Waals surface area contributed by atoms with Crippen LogP contribution in [-0.2, 0) is 16.6 Å². The van der Waals surface area contributed by atoms with Crippen molar-refractivity contribution in [2.75, 3.05) is 26.5 Å². The minimum absolute atomic E-state index is 0.0394. The fourth-order valence-corrected chi connectivity index (χ4v) is 3.66. The second-order valence-electron chi connectivity index (χ2n) is 5.40. The maximum absolute atomic E-state index is 11.2. The molecular formula is C14H21ClN2O3S. The summed E-state index contributed by atoms with van der Waals surface area (Å²) in [5.41, 5.74) is 1.06. The van der Waals surface area contributed by atoms with E-state index in [-0.39, 0.29) is 6.04 Å². The van der Waals surface area contributed by atoms with Crippen LogP contribution < -0.4 is 9.46 Å². The lowest BCUT2D eigenvalue weighted by atomic mass is 10.1. The van der Waals surface area contributed by atoms with E-state index in [0.29, 0.717) is 5.02 Å². The largest absolute Gasteiger partial charge is 0.496 e. The molecule has 0 bridgehead atoms. The van der Waals surface area contributed by atoms with Gasteiger partial charge in [-0.15, -0.1) is 0 Å². The predicted octanol–water partition coefficient (Wildman–Crippen LogP) is 1.86. The Morgan fingerprint density at radius 2 is 2.05 bits per heavy atom. The number of methoxy groups -OCH3 is 1. The van der Waals surface area contributed by atoms with Gasteiger partial charge in [-0.25, -0.2) is 13.1 Å². The Balaban J connectivity index is 1.93. The first-order valence-electron chi connectivity index (χ1n) is 6.89. The van der Waals surface area contributed by atoms with E-state index in [9.17, 15) is 8.42 Å². The second-order valence-corrected chi connectivity index (χ2v) is 7.61. The van der Waals surface area contributed by atoms with E-state index in [1.807, 2.05) is 18.2 Å². The molecule has 0 spiro atoms. The third-order valence-electron chi connectivity index (χ3n) is 3.60. The number of halogens is 1. The van der Waals surface area contributed by atoms with Crippen LogP contribution in [0, 0.1) is 0 Å². The number of ether oxygens (including phenoxy) is 1. The van der Waals surface area contributed by atoms with Crippen LogP contribution in [0.25, 0.3) is 0 Å². The van der Waals surface area contributed by atoms with Gasteiger partial charge in [-0.3, -0.25) is 4.90 Å². The minimum Gasteiger partial charge on any atom is -0.496 e. The van der Waals surface area contributed by atoms with Crippen molar-refractivity contribution in [1.82, 2.24) is 9.62 Å². The molecule has 0 saturated carbocycles. The van der Waals surface area contributed by atoms with E-state index in [1.54, 1.807) is 7.11 Å². The monoisotopic (exact) mass is 332 g/mol. The standard InChI is InChI=1S/C14H21ClN2O3S/c1-20-14-4-3-12(15)9-11(14)10-17-7-5-13(6-8-17)16-21(2,18)19/h3-4,9,13,16H,5-8,10H2,1-2H3. The van der Waals surface area contributed by atoms with Crippen molar-refractivity contribution in [1.29, 1.82) is 0 Å². The number of nitrogens with zero attached hydrogens (tertiary/aromatic N) is 1. The first kappa shape index (κ1) is 16.5. The Morgan fingerprint density at radius 3 is 2.62 bits per heavy atom. The zero-order valence-electron chi connectivity index (χ0n) is 12.3. The van der Waals surface area contributed by atoms with Crippen LogP contribution in [-0.4, -0.2) is 45.8 Å². The summed E-state index contributed by atoms with van der Waals surface area (Å²) in [6.07, 6.45) is 2.84. The highest BCUT2D eigenvalue weighted by molar-refractivity contribution is 7.88. The normalized spacial score (nSPS) is 17.9. The van der Waals surface area contributed by atoms with Gasteiger partial charge in [-0.05, 0) is 31.0 Å². The number of rotatable bonds is 5. The molecule has 0 radical (unpaired) electrons. The van der Waals surface area contributed by atoms with Crippen molar-refractivity contribution >= 4 is 21.6 Å². The Labute approximate surface area is 131 Å². The summed E-state index contributed by atoms with van der Waals surface area (Å²) in [5, 5.41) is 0.694. The van der Waals surface area contributed by atoms with Crippen molar-refractivity contribution in [3.8, 4) is 5.75 Å². The Hall–Kier alpha value is -0.820. The SMILES string of the molecule is COc1ccc(Cl)cc1CN1CCC(NS(C)(=O)=O)CC1. The van der Waals surface area contributed by atoms with Gasteiger partial charge in [0.25, 0.3) is 0 Å². The number of benzene rings is 1. The summed E-state index contributed by atoms with van der Waals surface area (Å²) in [6, 6.07) is 5.64. The molecule has 1 saturated heterocycles. The molecule has 1 heterocycles. The Morgan fingerprint density at radius 1 is 1.38 bits per heavy atom. The maximum Gasteiger partial charge on any atom is 0.208 e. The highest BCUT2D eigenvalue weighted by Crippen LogP contribution is 2.25. The first-order chi connectivity index (χ1) is 9.87. The third-order valence-corrected chi connectivity index (χ3v) is 4.60. The van der Waals surface area contributed by atoms with Gasteiger partial charge in [0.2, 0.25) is 10.0 Å². The predicted molar refractivity (Wildman–Crippen MR) is 84.3 cm³/mol. The number of likely N-dealkylation sites (tertiary alicyclic amines) is 1. The van der Waals surface area contributed by atoms with Gasteiger partial charge in [-0.2, -0.15) is 0 Å². The molecule has 7 heteroatoms. The molecule has 2 rings (SSSR count). The number of nitrogens with one attached hydrogen (secondary N) is 1. The molecule has 0 aliphatic carbocycles.